The van der Waals surface area contributed by atoms with E-state index in [1.54, 1.807) is 10.9 Å². The van der Waals surface area contributed by atoms with E-state index in [1.807, 2.05) is 30.3 Å². The number of rotatable bonds is 2. The van der Waals surface area contributed by atoms with Gasteiger partial charge in [-0.3, -0.25) is 14.3 Å². The molecular formula is C13H12N4O2. The van der Waals surface area contributed by atoms with E-state index in [-0.39, 0.29) is 11.1 Å². The first-order valence-electron chi connectivity index (χ1n) is 5.85. The molecule has 3 rings (SSSR count). The van der Waals surface area contributed by atoms with Crippen LogP contribution in [-0.2, 0) is 13.6 Å². The predicted octanol–water partition coefficient (Wildman–Crippen LogP) is 0.472. The third-order valence-corrected chi connectivity index (χ3v) is 3.07. The topological polar surface area (TPSA) is 72.7 Å². The Bertz CT molecular complexity index is 842. The molecule has 19 heavy (non-hydrogen) atoms. The Balaban J connectivity index is 2.17. The van der Waals surface area contributed by atoms with Crippen LogP contribution < -0.4 is 11.2 Å². The van der Waals surface area contributed by atoms with Crippen molar-refractivity contribution in [2.45, 2.75) is 6.54 Å². The Morgan fingerprint density at radius 1 is 1.21 bits per heavy atom. The van der Waals surface area contributed by atoms with Gasteiger partial charge in [-0.05, 0) is 5.56 Å². The number of aromatic nitrogens is 4. The molecule has 0 saturated carbocycles. The molecule has 0 amide bonds. The molecule has 1 N–H and O–H groups in total. The molecule has 0 atom stereocenters. The maximum atomic E-state index is 11.9. The number of nitrogens with zero attached hydrogens (tertiary/aromatic N) is 3. The van der Waals surface area contributed by atoms with Gasteiger partial charge in [-0.15, -0.1) is 0 Å². The highest BCUT2D eigenvalue weighted by atomic mass is 16.2. The van der Waals surface area contributed by atoms with Crippen molar-refractivity contribution in [3.8, 4) is 0 Å². The molecule has 3 aromatic rings. The van der Waals surface area contributed by atoms with Crippen LogP contribution in [-0.4, -0.2) is 19.1 Å². The van der Waals surface area contributed by atoms with E-state index in [0.29, 0.717) is 12.2 Å². The minimum Gasteiger partial charge on any atom is -0.312 e. The van der Waals surface area contributed by atoms with E-state index < -0.39 is 5.69 Å². The van der Waals surface area contributed by atoms with E-state index in [0.717, 1.165) is 10.1 Å². The average molecular weight is 256 g/mol. The standard InChI is InChI=1S/C13H12N4O2/c1-16-12(18)10-11(15-13(16)19)17(8-14-10)7-9-5-3-2-4-6-9/h2-6,8H,7H2,1H3,(H,15,19). The van der Waals surface area contributed by atoms with Crippen molar-refractivity contribution >= 4 is 11.2 Å². The number of imidazole rings is 1. The van der Waals surface area contributed by atoms with Gasteiger partial charge in [0.25, 0.3) is 5.56 Å². The zero-order chi connectivity index (χ0) is 13.4. The molecule has 0 spiro atoms. The highest BCUT2D eigenvalue weighted by molar-refractivity contribution is 5.69. The lowest BCUT2D eigenvalue weighted by Gasteiger charge is -2.04. The number of hydrogen-bond donors (Lipinski definition) is 1. The van der Waals surface area contributed by atoms with Gasteiger partial charge in [-0.1, -0.05) is 30.3 Å². The summed E-state index contributed by atoms with van der Waals surface area (Å²) >= 11 is 0. The molecule has 96 valence electrons. The predicted molar refractivity (Wildman–Crippen MR) is 71.1 cm³/mol. The molecule has 6 nitrogen and oxygen atoms in total. The molecule has 0 aliphatic carbocycles. The van der Waals surface area contributed by atoms with Crippen LogP contribution in [0.4, 0.5) is 0 Å². The lowest BCUT2D eigenvalue weighted by Crippen LogP contribution is -2.32. The van der Waals surface area contributed by atoms with Crippen LogP contribution in [0.1, 0.15) is 5.56 Å². The lowest BCUT2D eigenvalue weighted by atomic mass is 10.2. The van der Waals surface area contributed by atoms with Crippen LogP contribution in [0.15, 0.2) is 46.2 Å². The van der Waals surface area contributed by atoms with Crippen molar-refractivity contribution in [3.05, 3.63) is 63.1 Å². The second kappa shape index (κ2) is 4.24. The maximum Gasteiger partial charge on any atom is 0.329 e. The van der Waals surface area contributed by atoms with Crippen molar-refractivity contribution in [1.82, 2.24) is 19.1 Å². The summed E-state index contributed by atoms with van der Waals surface area (Å²) in [6, 6.07) is 9.77. The van der Waals surface area contributed by atoms with Gasteiger partial charge >= 0.3 is 5.69 Å². The first-order chi connectivity index (χ1) is 9.16. The number of benzene rings is 1. The van der Waals surface area contributed by atoms with Crippen molar-refractivity contribution in [2.75, 3.05) is 0 Å². The van der Waals surface area contributed by atoms with Crippen molar-refractivity contribution in [3.63, 3.8) is 0 Å². The van der Waals surface area contributed by atoms with Gasteiger partial charge in [-0.25, -0.2) is 9.78 Å². The highest BCUT2D eigenvalue weighted by Gasteiger charge is 2.10. The molecule has 1 aromatic carbocycles. The fourth-order valence-electron chi connectivity index (χ4n) is 2.01. The second-order valence-electron chi connectivity index (χ2n) is 4.35. The van der Waals surface area contributed by atoms with Crippen LogP contribution in [0.25, 0.3) is 11.2 Å². The summed E-state index contributed by atoms with van der Waals surface area (Å²) in [4.78, 5) is 30.3. The summed E-state index contributed by atoms with van der Waals surface area (Å²) in [6.07, 6.45) is 1.56. The molecular weight excluding hydrogens is 244 g/mol. The normalized spacial score (nSPS) is 11.0. The molecule has 0 radical (unpaired) electrons. The summed E-state index contributed by atoms with van der Waals surface area (Å²) in [5.74, 6) is 0. The summed E-state index contributed by atoms with van der Waals surface area (Å²) in [6.45, 7) is 0.556. The number of nitrogens with one attached hydrogen (secondary N) is 1. The van der Waals surface area contributed by atoms with Gasteiger partial charge in [0, 0.05) is 7.05 Å². The van der Waals surface area contributed by atoms with E-state index in [2.05, 4.69) is 9.97 Å². The molecule has 0 saturated heterocycles. The first kappa shape index (κ1) is 11.5. The summed E-state index contributed by atoms with van der Waals surface area (Å²) in [7, 11) is 1.43. The van der Waals surface area contributed by atoms with Gasteiger partial charge < -0.3 is 4.57 Å². The van der Waals surface area contributed by atoms with Crippen LogP contribution in [0.3, 0.4) is 0 Å². The average Bonchev–Trinajstić information content (AvgIpc) is 2.81. The second-order valence-corrected chi connectivity index (χ2v) is 4.35. The zero-order valence-electron chi connectivity index (χ0n) is 10.3. The van der Waals surface area contributed by atoms with Gasteiger partial charge in [0.1, 0.15) is 5.65 Å². The summed E-state index contributed by atoms with van der Waals surface area (Å²) in [5, 5.41) is 0. The number of aromatic amines is 1. The molecule has 6 heteroatoms. The Morgan fingerprint density at radius 2 is 1.95 bits per heavy atom. The molecule has 2 aromatic heterocycles. The van der Waals surface area contributed by atoms with E-state index in [1.165, 1.54) is 7.05 Å². The van der Waals surface area contributed by atoms with Gasteiger partial charge in [0.2, 0.25) is 0 Å². The number of hydrogen-bond acceptors (Lipinski definition) is 3. The molecule has 0 unspecified atom stereocenters. The minimum absolute atomic E-state index is 0.276. The van der Waals surface area contributed by atoms with Crippen LogP contribution >= 0.6 is 0 Å². The van der Waals surface area contributed by atoms with Crippen molar-refractivity contribution in [2.24, 2.45) is 7.05 Å². The molecule has 0 aliphatic rings. The van der Waals surface area contributed by atoms with Crippen LogP contribution in [0.2, 0.25) is 0 Å². The van der Waals surface area contributed by atoms with Gasteiger partial charge in [-0.2, -0.15) is 0 Å². The van der Waals surface area contributed by atoms with E-state index in [4.69, 9.17) is 0 Å². The largest absolute Gasteiger partial charge is 0.329 e. The number of H-pyrrole nitrogens is 1. The monoisotopic (exact) mass is 256 g/mol. The summed E-state index contributed by atoms with van der Waals surface area (Å²) < 4.78 is 2.77. The van der Waals surface area contributed by atoms with Crippen LogP contribution in [0.5, 0.6) is 0 Å². The fourth-order valence-corrected chi connectivity index (χ4v) is 2.01. The third-order valence-electron chi connectivity index (χ3n) is 3.07. The van der Waals surface area contributed by atoms with Crippen molar-refractivity contribution < 1.29 is 0 Å². The molecule has 0 fully saturated rings. The molecule has 0 aliphatic heterocycles. The van der Waals surface area contributed by atoms with Crippen LogP contribution in [0, 0.1) is 0 Å². The van der Waals surface area contributed by atoms with E-state index >= 15 is 0 Å². The Hall–Kier alpha value is -2.63. The smallest absolute Gasteiger partial charge is 0.312 e. The SMILES string of the molecule is Cn1c(=O)[nH]c2c(ncn2Cc2ccccc2)c1=O. The zero-order valence-corrected chi connectivity index (χ0v) is 10.3. The maximum absolute atomic E-state index is 11.9. The van der Waals surface area contributed by atoms with Gasteiger partial charge in [0.15, 0.2) is 5.52 Å². The lowest BCUT2D eigenvalue weighted by molar-refractivity contribution is 0.770. The first-order valence-corrected chi connectivity index (χ1v) is 5.85. The highest BCUT2D eigenvalue weighted by Crippen LogP contribution is 2.07. The van der Waals surface area contributed by atoms with E-state index in [9.17, 15) is 9.59 Å². The molecule has 2 heterocycles. The quantitative estimate of drug-likeness (QED) is 0.724. The fraction of sp³-hybridized carbons (Fsp3) is 0.154. The molecule has 0 bridgehead atoms. The Kier molecular flexibility index (Phi) is 2.56. The van der Waals surface area contributed by atoms with Crippen molar-refractivity contribution in [1.29, 1.82) is 0 Å². The third kappa shape index (κ3) is 1.87. The minimum atomic E-state index is -0.438. The Morgan fingerprint density at radius 3 is 2.68 bits per heavy atom. The van der Waals surface area contributed by atoms with Gasteiger partial charge in [0.05, 0.1) is 12.9 Å². The summed E-state index contributed by atoms with van der Waals surface area (Å²) in [5.41, 5.74) is 0.983. The number of fused-ring (bicyclic) bond motifs is 1. The Labute approximate surface area is 108 Å².